The molecular weight excluding hydrogens is 677 g/mol. The van der Waals surface area contributed by atoms with E-state index < -0.39 is 0 Å². The first-order valence-electron chi connectivity index (χ1n) is 18.3. The van der Waals surface area contributed by atoms with Crippen molar-refractivity contribution in [2.24, 2.45) is 0 Å². The van der Waals surface area contributed by atoms with Gasteiger partial charge in [0.15, 0.2) is 0 Å². The van der Waals surface area contributed by atoms with Gasteiger partial charge in [0.2, 0.25) is 5.95 Å². The molecule has 4 heterocycles. The van der Waals surface area contributed by atoms with Crippen LogP contribution in [0.5, 0.6) is 5.75 Å². The highest BCUT2D eigenvalue weighted by molar-refractivity contribution is 6.23. The van der Waals surface area contributed by atoms with Crippen molar-refractivity contribution in [1.82, 2.24) is 29.1 Å². The lowest BCUT2D eigenvalue weighted by Gasteiger charge is -2.14. The van der Waals surface area contributed by atoms with Crippen LogP contribution in [0.1, 0.15) is 0 Å². The van der Waals surface area contributed by atoms with Gasteiger partial charge in [-0.3, -0.25) is 4.57 Å². The minimum Gasteiger partial charge on any atom is -0.494 e. The lowest BCUT2D eigenvalue weighted by Crippen LogP contribution is -2.05. The quantitative estimate of drug-likeness (QED) is 0.187. The number of para-hydroxylation sites is 3. The number of hydrogen-bond donors (Lipinski definition) is 1. The Bertz CT molecular complexity index is 3170. The molecule has 0 saturated carbocycles. The van der Waals surface area contributed by atoms with E-state index in [9.17, 15) is 0 Å². The average Bonchev–Trinajstić information content (AvgIpc) is 3.95. The smallest absolute Gasteiger partial charge is 0.235 e. The zero-order valence-corrected chi connectivity index (χ0v) is 29.8. The summed E-state index contributed by atoms with van der Waals surface area (Å²) in [6.07, 6.45) is 0. The highest BCUT2D eigenvalue weighted by atomic mass is 16.5. The van der Waals surface area contributed by atoms with Crippen LogP contribution in [0.4, 0.5) is 0 Å². The molecule has 0 fully saturated rings. The number of aromatic amines is 1. The van der Waals surface area contributed by atoms with Crippen molar-refractivity contribution in [3.8, 4) is 51.3 Å². The van der Waals surface area contributed by atoms with E-state index in [0.29, 0.717) is 5.95 Å². The maximum Gasteiger partial charge on any atom is 0.235 e. The van der Waals surface area contributed by atoms with Crippen LogP contribution in [-0.4, -0.2) is 36.2 Å². The predicted octanol–water partition coefficient (Wildman–Crippen LogP) is 11.6. The summed E-state index contributed by atoms with van der Waals surface area (Å²) in [7, 11) is 1.68. The highest BCUT2D eigenvalue weighted by Crippen LogP contribution is 2.42. The minimum absolute atomic E-state index is 0.617. The Morgan fingerprint density at radius 2 is 1.04 bits per heavy atom. The molecule has 7 aromatic carbocycles. The van der Waals surface area contributed by atoms with Crippen LogP contribution < -0.4 is 4.74 Å². The molecule has 0 radical (unpaired) electrons. The molecule has 4 aromatic heterocycles. The summed E-state index contributed by atoms with van der Waals surface area (Å²) in [6, 6.07) is 59.0. The van der Waals surface area contributed by atoms with Gasteiger partial charge >= 0.3 is 0 Å². The average molecular weight is 709 g/mol. The third kappa shape index (κ3) is 4.87. The Balaban J connectivity index is 1.20. The zero-order valence-electron chi connectivity index (χ0n) is 29.8. The van der Waals surface area contributed by atoms with Crippen molar-refractivity contribution in [2.75, 3.05) is 7.11 Å². The van der Waals surface area contributed by atoms with Crippen molar-refractivity contribution in [3.05, 3.63) is 170 Å². The van der Waals surface area contributed by atoms with Crippen molar-refractivity contribution in [1.29, 1.82) is 0 Å². The van der Waals surface area contributed by atoms with Crippen LogP contribution in [0.3, 0.4) is 0 Å². The molecule has 0 saturated heterocycles. The molecule has 11 rings (SSSR count). The number of ether oxygens (including phenoxy) is 1. The van der Waals surface area contributed by atoms with Crippen LogP contribution in [0, 0.1) is 0 Å². The summed E-state index contributed by atoms with van der Waals surface area (Å²) in [4.78, 5) is 19.0. The van der Waals surface area contributed by atoms with Gasteiger partial charge in [0.1, 0.15) is 17.1 Å². The molecule has 11 aromatic rings. The van der Waals surface area contributed by atoms with E-state index in [1.807, 2.05) is 30.3 Å². The third-order valence-corrected chi connectivity index (χ3v) is 10.6. The van der Waals surface area contributed by atoms with Crippen LogP contribution in [0.25, 0.3) is 100 Å². The second-order valence-electron chi connectivity index (χ2n) is 13.7. The number of nitrogens with one attached hydrogen (secondary N) is 1. The summed E-state index contributed by atoms with van der Waals surface area (Å²) < 4.78 is 10.2. The number of imidazole rings is 1. The number of rotatable bonds is 6. The summed E-state index contributed by atoms with van der Waals surface area (Å²) in [5.41, 5.74) is 11.9. The van der Waals surface area contributed by atoms with Crippen LogP contribution >= 0.6 is 0 Å². The monoisotopic (exact) mass is 708 g/mol. The molecule has 0 spiro atoms. The van der Waals surface area contributed by atoms with Gasteiger partial charge in [0.05, 0.1) is 46.1 Å². The zero-order chi connectivity index (χ0) is 36.5. The Morgan fingerprint density at radius 3 is 1.65 bits per heavy atom. The van der Waals surface area contributed by atoms with Gasteiger partial charge < -0.3 is 14.3 Å². The predicted molar refractivity (Wildman–Crippen MR) is 223 cm³/mol. The molecule has 0 aliphatic rings. The van der Waals surface area contributed by atoms with Gasteiger partial charge in [0.25, 0.3) is 0 Å². The molecule has 7 heteroatoms. The van der Waals surface area contributed by atoms with Crippen molar-refractivity contribution >= 4 is 54.6 Å². The standard InChI is InChI=1S/C48H32N6O/c1-55-43-22-12-19-38-44(43)52-47(49-38)32-23-25-33(26-24-32)53-41-20-10-8-17-34(41)36-27-28-37-35-18-9-11-21-42(35)54(46(37)45(36)53)48-50-39(30-13-4-2-5-14-30)29-40(51-48)31-15-6-3-7-16-31/h2-29H,1H3,(H,49,52). The number of fused-ring (bicyclic) bond motifs is 8. The number of benzene rings is 7. The molecule has 55 heavy (non-hydrogen) atoms. The van der Waals surface area contributed by atoms with Crippen LogP contribution in [0.15, 0.2) is 170 Å². The van der Waals surface area contributed by atoms with Crippen molar-refractivity contribution in [2.45, 2.75) is 0 Å². The fraction of sp³-hybridized carbons (Fsp3) is 0.0208. The largest absolute Gasteiger partial charge is 0.494 e. The molecule has 260 valence electrons. The van der Waals surface area contributed by atoms with Gasteiger partial charge in [-0.2, -0.15) is 0 Å². The van der Waals surface area contributed by atoms with E-state index in [-0.39, 0.29) is 0 Å². The number of aromatic nitrogens is 6. The lowest BCUT2D eigenvalue weighted by atomic mass is 10.1. The fourth-order valence-electron chi connectivity index (χ4n) is 8.11. The van der Waals surface area contributed by atoms with Crippen LogP contribution in [-0.2, 0) is 0 Å². The molecule has 0 amide bonds. The molecule has 7 nitrogen and oxygen atoms in total. The molecule has 0 aliphatic heterocycles. The highest BCUT2D eigenvalue weighted by Gasteiger charge is 2.23. The first-order valence-corrected chi connectivity index (χ1v) is 18.3. The number of nitrogens with zero attached hydrogens (tertiary/aromatic N) is 5. The van der Waals surface area contributed by atoms with Gasteiger partial charge in [-0.05, 0) is 54.6 Å². The Hall–Kier alpha value is -7.51. The minimum atomic E-state index is 0.617. The van der Waals surface area contributed by atoms with E-state index in [0.717, 1.165) is 94.6 Å². The van der Waals surface area contributed by atoms with Crippen molar-refractivity contribution in [3.63, 3.8) is 0 Å². The topological polar surface area (TPSA) is 73.6 Å². The molecule has 0 atom stereocenters. The maximum atomic E-state index is 5.60. The summed E-state index contributed by atoms with van der Waals surface area (Å²) >= 11 is 0. The van der Waals surface area contributed by atoms with E-state index in [2.05, 4.69) is 154 Å². The van der Waals surface area contributed by atoms with Gasteiger partial charge in [0, 0.05) is 43.9 Å². The summed E-state index contributed by atoms with van der Waals surface area (Å²) in [6.45, 7) is 0. The number of H-pyrrole nitrogens is 1. The third-order valence-electron chi connectivity index (χ3n) is 10.6. The first-order chi connectivity index (χ1) is 27.2. The van der Waals surface area contributed by atoms with E-state index in [1.54, 1.807) is 7.11 Å². The van der Waals surface area contributed by atoms with E-state index in [1.165, 1.54) is 5.39 Å². The van der Waals surface area contributed by atoms with Gasteiger partial charge in [-0.1, -0.05) is 115 Å². The van der Waals surface area contributed by atoms with Crippen molar-refractivity contribution < 1.29 is 4.74 Å². The fourth-order valence-corrected chi connectivity index (χ4v) is 8.11. The Kier molecular flexibility index (Phi) is 6.94. The molecule has 0 bridgehead atoms. The summed E-state index contributed by atoms with van der Waals surface area (Å²) in [5.74, 6) is 2.18. The second kappa shape index (κ2) is 12.3. The number of methoxy groups -OCH3 is 1. The van der Waals surface area contributed by atoms with E-state index in [4.69, 9.17) is 19.7 Å². The van der Waals surface area contributed by atoms with Gasteiger partial charge in [-0.15, -0.1) is 0 Å². The normalized spacial score (nSPS) is 11.7. The lowest BCUT2D eigenvalue weighted by molar-refractivity contribution is 0.419. The second-order valence-corrected chi connectivity index (χ2v) is 13.7. The summed E-state index contributed by atoms with van der Waals surface area (Å²) in [5, 5.41) is 4.61. The molecular formula is C48H32N6O. The molecule has 0 aliphatic carbocycles. The Morgan fingerprint density at radius 1 is 0.473 bits per heavy atom. The Labute approximate surface area is 315 Å². The van der Waals surface area contributed by atoms with Crippen LogP contribution in [0.2, 0.25) is 0 Å². The van der Waals surface area contributed by atoms with Gasteiger partial charge in [-0.25, -0.2) is 15.0 Å². The number of hydrogen-bond acceptors (Lipinski definition) is 4. The van der Waals surface area contributed by atoms with E-state index >= 15 is 0 Å². The SMILES string of the molecule is COc1cccc2nc(-c3ccc(-n4c5ccccc5c5ccc6c7ccccc7n(-c7nc(-c8ccccc8)cc(-c8ccccc8)n7)c6c54)cc3)[nH]c12. The molecule has 1 N–H and O–H groups in total. The first kappa shape index (κ1) is 31.1. The molecule has 0 unspecified atom stereocenters. The maximum absolute atomic E-state index is 5.60.